The molecule has 178 valence electrons. The van der Waals surface area contributed by atoms with Gasteiger partial charge in [0.05, 0.1) is 31.1 Å². The molecule has 1 aliphatic heterocycles. The predicted octanol–water partition coefficient (Wildman–Crippen LogP) is 6.34. The average Bonchev–Trinajstić information content (AvgIpc) is 3.28. The summed E-state index contributed by atoms with van der Waals surface area (Å²) in [6, 6.07) is 25.3. The molecule has 0 fully saturated rings. The Bertz CT molecular complexity index is 1360. The maximum atomic E-state index is 13.9. The molecule has 0 saturated heterocycles. The van der Waals surface area contributed by atoms with E-state index in [2.05, 4.69) is 63.4 Å². The predicted molar refractivity (Wildman–Crippen MR) is 141 cm³/mol. The first kappa shape index (κ1) is 22.9. The normalized spacial score (nSPS) is 14.5. The Balaban J connectivity index is 1.62. The molecule has 35 heavy (non-hydrogen) atoms. The zero-order valence-electron chi connectivity index (χ0n) is 19.9. The Morgan fingerprint density at radius 3 is 2.54 bits per heavy atom. The topological polar surface area (TPSA) is 49.7 Å². The average molecular weight is 487 g/mol. The summed E-state index contributed by atoms with van der Waals surface area (Å²) in [6.07, 6.45) is 2.05. The fraction of sp³-hybridized carbons (Fsp3) is 0.179. The summed E-state index contributed by atoms with van der Waals surface area (Å²) in [4.78, 5) is 17.8. The van der Waals surface area contributed by atoms with Gasteiger partial charge in [0.2, 0.25) is 0 Å². The van der Waals surface area contributed by atoms with Crippen LogP contribution in [0.2, 0.25) is 5.02 Å². The van der Waals surface area contributed by atoms with Crippen LogP contribution in [0.25, 0.3) is 5.69 Å². The lowest BCUT2D eigenvalue weighted by atomic mass is 10.0. The molecule has 0 spiro atoms. The molecule has 6 nitrogen and oxygen atoms in total. The monoisotopic (exact) mass is 486 g/mol. The molecular weight excluding hydrogens is 460 g/mol. The molecule has 0 saturated carbocycles. The molecule has 3 aromatic carbocycles. The summed E-state index contributed by atoms with van der Waals surface area (Å²) in [5.74, 6) is 0.549. The summed E-state index contributed by atoms with van der Waals surface area (Å²) in [6.45, 7) is 0.437. The fourth-order valence-electron chi connectivity index (χ4n) is 4.61. The van der Waals surface area contributed by atoms with Crippen LogP contribution in [-0.4, -0.2) is 36.7 Å². The Kier molecular flexibility index (Phi) is 6.14. The van der Waals surface area contributed by atoms with Crippen LogP contribution in [0.5, 0.6) is 5.75 Å². The van der Waals surface area contributed by atoms with Crippen LogP contribution in [0.4, 0.5) is 16.2 Å². The third-order valence-corrected chi connectivity index (χ3v) is 6.59. The summed E-state index contributed by atoms with van der Waals surface area (Å²) in [7, 11) is 5.60. The lowest BCUT2D eigenvalue weighted by Gasteiger charge is -2.31. The first-order valence-electron chi connectivity index (χ1n) is 11.4. The molecule has 0 radical (unpaired) electrons. The van der Waals surface area contributed by atoms with Gasteiger partial charge in [-0.05, 0) is 59.7 Å². The number of fused-ring (bicyclic) bond motifs is 3. The molecule has 1 atom stereocenters. The summed E-state index contributed by atoms with van der Waals surface area (Å²) in [5.41, 5.74) is 5.79. The number of nitrogens with one attached hydrogen (secondary N) is 1. The van der Waals surface area contributed by atoms with Gasteiger partial charge >= 0.3 is 6.03 Å². The molecular formula is C28H27ClN4O2. The number of hydrogen-bond donors (Lipinski definition) is 1. The number of amides is 2. The van der Waals surface area contributed by atoms with E-state index < -0.39 is 0 Å². The number of rotatable bonds is 4. The highest BCUT2D eigenvalue weighted by molar-refractivity contribution is 6.31. The van der Waals surface area contributed by atoms with Crippen molar-refractivity contribution in [2.24, 2.45) is 0 Å². The van der Waals surface area contributed by atoms with E-state index in [-0.39, 0.29) is 12.1 Å². The number of aromatic nitrogens is 1. The Morgan fingerprint density at radius 2 is 1.80 bits per heavy atom. The SMILES string of the molecule is COc1ccc(Cl)cc1NC(=O)N1Cc2ccccc2-n2cccc2[C@@H]1c1ccc(N(C)C)cc1. The molecule has 4 aromatic rings. The lowest BCUT2D eigenvalue weighted by molar-refractivity contribution is 0.194. The number of halogens is 1. The molecule has 1 aliphatic rings. The van der Waals surface area contributed by atoms with Crippen molar-refractivity contribution < 1.29 is 9.53 Å². The van der Waals surface area contributed by atoms with Gasteiger partial charge in [-0.25, -0.2) is 4.79 Å². The maximum absolute atomic E-state index is 13.9. The largest absolute Gasteiger partial charge is 0.495 e. The van der Waals surface area contributed by atoms with Crippen molar-refractivity contribution in [3.63, 3.8) is 0 Å². The molecule has 1 aromatic heterocycles. The van der Waals surface area contributed by atoms with Crippen molar-refractivity contribution in [2.75, 3.05) is 31.4 Å². The van der Waals surface area contributed by atoms with Crippen molar-refractivity contribution in [1.82, 2.24) is 9.47 Å². The van der Waals surface area contributed by atoms with Gasteiger partial charge in [0.15, 0.2) is 0 Å². The zero-order chi connectivity index (χ0) is 24.5. The van der Waals surface area contributed by atoms with E-state index in [9.17, 15) is 4.79 Å². The van der Waals surface area contributed by atoms with E-state index in [0.29, 0.717) is 23.0 Å². The van der Waals surface area contributed by atoms with Crippen LogP contribution in [-0.2, 0) is 6.54 Å². The number of benzene rings is 3. The molecule has 0 aliphatic carbocycles. The number of nitrogens with zero attached hydrogens (tertiary/aromatic N) is 3. The van der Waals surface area contributed by atoms with Crippen LogP contribution in [0, 0.1) is 0 Å². The highest BCUT2D eigenvalue weighted by Crippen LogP contribution is 2.38. The molecule has 2 heterocycles. The Labute approximate surface area is 210 Å². The minimum absolute atomic E-state index is 0.239. The minimum atomic E-state index is -0.307. The van der Waals surface area contributed by atoms with Gasteiger partial charge < -0.3 is 24.4 Å². The van der Waals surface area contributed by atoms with Gasteiger partial charge in [0, 0.05) is 36.7 Å². The number of para-hydroxylation sites is 1. The van der Waals surface area contributed by atoms with E-state index >= 15 is 0 Å². The number of carbonyl (C=O) groups is 1. The molecule has 7 heteroatoms. The molecule has 5 rings (SSSR count). The van der Waals surface area contributed by atoms with Crippen LogP contribution >= 0.6 is 11.6 Å². The molecule has 1 N–H and O–H groups in total. The van der Waals surface area contributed by atoms with Crippen LogP contribution in [0.3, 0.4) is 0 Å². The quantitative estimate of drug-likeness (QED) is 0.366. The summed E-state index contributed by atoms with van der Waals surface area (Å²) >= 11 is 6.23. The van der Waals surface area contributed by atoms with E-state index in [0.717, 1.165) is 28.2 Å². The fourth-order valence-corrected chi connectivity index (χ4v) is 4.78. The smallest absolute Gasteiger partial charge is 0.323 e. The first-order valence-corrected chi connectivity index (χ1v) is 11.8. The van der Waals surface area contributed by atoms with Gasteiger partial charge in [0.1, 0.15) is 5.75 Å². The van der Waals surface area contributed by atoms with Gasteiger partial charge in [-0.15, -0.1) is 0 Å². The van der Waals surface area contributed by atoms with Gasteiger partial charge in [-0.1, -0.05) is 41.9 Å². The second kappa shape index (κ2) is 9.39. The molecule has 2 amide bonds. The molecule has 0 bridgehead atoms. The van der Waals surface area contributed by atoms with Crippen molar-refractivity contribution >= 4 is 29.0 Å². The van der Waals surface area contributed by atoms with Crippen LogP contribution in [0.15, 0.2) is 85.1 Å². The zero-order valence-corrected chi connectivity index (χ0v) is 20.7. The lowest BCUT2D eigenvalue weighted by Crippen LogP contribution is -2.38. The standard InChI is InChI=1S/C28H27ClN4O2/c1-31(2)22-13-10-19(11-14-22)27-25-9-6-16-32(25)24-8-5-4-7-20(24)18-33(27)28(34)30-23-17-21(29)12-15-26(23)35-3/h4-17,27H,18H2,1-3H3,(H,30,34)/t27-/m0/s1. The summed E-state index contributed by atoms with van der Waals surface area (Å²) in [5, 5.41) is 3.56. The third kappa shape index (κ3) is 4.33. The number of carbonyl (C=O) groups excluding carboxylic acids is 1. The van der Waals surface area contributed by atoms with Gasteiger partial charge in [-0.3, -0.25) is 0 Å². The Morgan fingerprint density at radius 1 is 1.03 bits per heavy atom. The minimum Gasteiger partial charge on any atom is -0.495 e. The highest BCUT2D eigenvalue weighted by atomic mass is 35.5. The van der Waals surface area contributed by atoms with E-state index in [1.807, 2.05) is 37.2 Å². The second-order valence-electron chi connectivity index (χ2n) is 8.72. The van der Waals surface area contributed by atoms with Crippen molar-refractivity contribution in [1.29, 1.82) is 0 Å². The number of anilines is 2. The van der Waals surface area contributed by atoms with Crippen molar-refractivity contribution in [3.05, 3.63) is 107 Å². The van der Waals surface area contributed by atoms with Crippen LogP contribution in [0.1, 0.15) is 22.9 Å². The highest BCUT2D eigenvalue weighted by Gasteiger charge is 2.33. The maximum Gasteiger partial charge on any atom is 0.323 e. The number of urea groups is 1. The second-order valence-corrected chi connectivity index (χ2v) is 9.16. The first-order chi connectivity index (χ1) is 17.0. The number of methoxy groups -OCH3 is 1. The Hall–Kier alpha value is -3.90. The van der Waals surface area contributed by atoms with E-state index in [1.165, 1.54) is 0 Å². The number of hydrogen-bond acceptors (Lipinski definition) is 3. The van der Waals surface area contributed by atoms with Gasteiger partial charge in [0.25, 0.3) is 0 Å². The van der Waals surface area contributed by atoms with Crippen molar-refractivity contribution in [2.45, 2.75) is 12.6 Å². The van der Waals surface area contributed by atoms with Crippen molar-refractivity contribution in [3.8, 4) is 11.4 Å². The van der Waals surface area contributed by atoms with Crippen LogP contribution < -0.4 is 15.0 Å². The molecule has 0 unspecified atom stereocenters. The van der Waals surface area contributed by atoms with E-state index in [4.69, 9.17) is 16.3 Å². The van der Waals surface area contributed by atoms with Gasteiger partial charge in [-0.2, -0.15) is 0 Å². The number of ether oxygens (including phenoxy) is 1. The third-order valence-electron chi connectivity index (χ3n) is 6.35. The summed E-state index contributed by atoms with van der Waals surface area (Å²) < 4.78 is 7.63. The van der Waals surface area contributed by atoms with E-state index in [1.54, 1.807) is 25.3 Å².